The zero-order chi connectivity index (χ0) is 22.1. The van der Waals surface area contributed by atoms with Crippen molar-refractivity contribution >= 4 is 28.9 Å². The molecule has 0 saturated carbocycles. The van der Waals surface area contributed by atoms with Crippen LogP contribution < -0.4 is 10.6 Å². The largest absolute Gasteiger partial charge is 0.480 e. The van der Waals surface area contributed by atoms with E-state index in [1.165, 1.54) is 0 Å². The van der Waals surface area contributed by atoms with Gasteiger partial charge in [0.1, 0.15) is 0 Å². The molecular weight excluding hydrogens is 396 g/mol. The Morgan fingerprint density at radius 3 is 2.43 bits per heavy atom. The Labute approximate surface area is 184 Å². The molecular formula is C23H32N4O2S. The number of rotatable bonds is 10. The Morgan fingerprint density at radius 1 is 1.20 bits per heavy atom. The summed E-state index contributed by atoms with van der Waals surface area (Å²) in [5.41, 5.74) is 2.86. The number of nitrogens with one attached hydrogen (secondary N) is 2. The van der Waals surface area contributed by atoms with E-state index in [-0.39, 0.29) is 18.0 Å². The summed E-state index contributed by atoms with van der Waals surface area (Å²) in [5.74, 6) is -0.845. The lowest BCUT2D eigenvalue weighted by Gasteiger charge is -2.30. The molecule has 0 saturated heterocycles. The van der Waals surface area contributed by atoms with Gasteiger partial charge in [0.15, 0.2) is 0 Å². The zero-order valence-corrected chi connectivity index (χ0v) is 19.0. The molecule has 2 aromatic rings. The van der Waals surface area contributed by atoms with Gasteiger partial charge in [0.2, 0.25) is 0 Å². The van der Waals surface area contributed by atoms with Crippen molar-refractivity contribution in [2.45, 2.75) is 39.8 Å². The second-order valence-electron chi connectivity index (χ2n) is 8.44. The summed E-state index contributed by atoms with van der Waals surface area (Å²) in [6.07, 6.45) is 2.46. The van der Waals surface area contributed by atoms with Crippen molar-refractivity contribution in [3.05, 3.63) is 59.9 Å². The van der Waals surface area contributed by atoms with E-state index in [4.69, 9.17) is 12.2 Å². The van der Waals surface area contributed by atoms with E-state index >= 15 is 0 Å². The maximum absolute atomic E-state index is 11.5. The normalized spacial score (nSPS) is 12.6. The molecule has 30 heavy (non-hydrogen) atoms. The summed E-state index contributed by atoms with van der Waals surface area (Å²) in [4.78, 5) is 18.6. The van der Waals surface area contributed by atoms with Crippen molar-refractivity contribution < 1.29 is 9.90 Å². The first-order valence-corrected chi connectivity index (χ1v) is 10.5. The molecule has 162 valence electrons. The standard InChI is InChI=1S/C23H32N4O2S/c1-23(2,3)22(30)26-18-10-8-17(9-11-18)13-20(14-24-4)27(16-21(28)29)15-19-7-5-6-12-25-19/h5-12,20,24H,13-16H2,1-4H3,(H,26,30)(H,28,29). The predicted molar refractivity (Wildman–Crippen MR) is 126 cm³/mol. The summed E-state index contributed by atoms with van der Waals surface area (Å²) < 4.78 is 0. The van der Waals surface area contributed by atoms with Crippen LogP contribution in [0.25, 0.3) is 0 Å². The molecule has 1 heterocycles. The highest BCUT2D eigenvalue weighted by Crippen LogP contribution is 2.20. The van der Waals surface area contributed by atoms with E-state index in [0.717, 1.165) is 28.4 Å². The minimum atomic E-state index is -0.845. The van der Waals surface area contributed by atoms with Crippen LogP contribution in [0.15, 0.2) is 48.7 Å². The van der Waals surface area contributed by atoms with Gasteiger partial charge in [-0.05, 0) is 43.3 Å². The Bertz CT molecular complexity index is 819. The smallest absolute Gasteiger partial charge is 0.317 e. The van der Waals surface area contributed by atoms with Gasteiger partial charge in [-0.1, -0.05) is 51.2 Å². The van der Waals surface area contributed by atoms with E-state index in [0.29, 0.717) is 13.1 Å². The number of carboxylic acid groups (broad SMARTS) is 1. The minimum Gasteiger partial charge on any atom is -0.480 e. The van der Waals surface area contributed by atoms with Gasteiger partial charge in [-0.15, -0.1) is 0 Å². The third kappa shape index (κ3) is 7.82. The molecule has 0 bridgehead atoms. The number of pyridine rings is 1. The van der Waals surface area contributed by atoms with E-state index in [1.54, 1.807) is 6.20 Å². The third-order valence-electron chi connectivity index (χ3n) is 4.75. The van der Waals surface area contributed by atoms with Crippen LogP contribution in [0.4, 0.5) is 5.69 Å². The highest BCUT2D eigenvalue weighted by atomic mass is 32.1. The number of anilines is 1. The number of hydrogen-bond donors (Lipinski definition) is 3. The molecule has 0 aliphatic heterocycles. The van der Waals surface area contributed by atoms with Crippen LogP contribution in [0.2, 0.25) is 0 Å². The minimum absolute atomic E-state index is 0.0163. The fourth-order valence-electron chi connectivity index (χ4n) is 3.07. The van der Waals surface area contributed by atoms with Gasteiger partial charge in [-0.25, -0.2) is 0 Å². The molecule has 1 aromatic heterocycles. The van der Waals surface area contributed by atoms with Gasteiger partial charge in [-0.2, -0.15) is 0 Å². The SMILES string of the molecule is CNCC(Cc1ccc(NC(=S)C(C)(C)C)cc1)N(CC(=O)O)Cc1ccccn1. The number of carbonyl (C=O) groups is 1. The summed E-state index contributed by atoms with van der Waals surface area (Å²) in [6, 6.07) is 13.9. The quantitative estimate of drug-likeness (QED) is 0.499. The lowest BCUT2D eigenvalue weighted by molar-refractivity contribution is -0.139. The molecule has 0 fully saturated rings. The molecule has 1 unspecified atom stereocenters. The molecule has 0 aliphatic carbocycles. The molecule has 0 aliphatic rings. The molecule has 1 atom stereocenters. The van der Waals surface area contributed by atoms with Crippen molar-refractivity contribution in [2.75, 3.05) is 25.5 Å². The number of carboxylic acids is 1. The van der Waals surface area contributed by atoms with E-state index in [1.807, 2.05) is 42.3 Å². The number of benzene rings is 1. The van der Waals surface area contributed by atoms with E-state index in [9.17, 15) is 9.90 Å². The average Bonchev–Trinajstić information content (AvgIpc) is 2.68. The van der Waals surface area contributed by atoms with E-state index in [2.05, 4.69) is 48.5 Å². The summed E-state index contributed by atoms with van der Waals surface area (Å²) in [6.45, 7) is 7.36. The monoisotopic (exact) mass is 428 g/mol. The highest BCUT2D eigenvalue weighted by Gasteiger charge is 2.22. The maximum atomic E-state index is 11.5. The maximum Gasteiger partial charge on any atom is 0.317 e. The van der Waals surface area contributed by atoms with Crippen LogP contribution in [0.5, 0.6) is 0 Å². The van der Waals surface area contributed by atoms with Crippen molar-refractivity contribution in [3.63, 3.8) is 0 Å². The molecule has 2 rings (SSSR count). The number of aliphatic carboxylic acids is 1. The second kappa shape index (κ2) is 11.2. The van der Waals surface area contributed by atoms with Crippen molar-refractivity contribution in [2.24, 2.45) is 5.41 Å². The van der Waals surface area contributed by atoms with Gasteiger partial charge in [0.25, 0.3) is 0 Å². The van der Waals surface area contributed by atoms with Crippen LogP contribution in [0, 0.1) is 5.41 Å². The molecule has 0 radical (unpaired) electrons. The summed E-state index contributed by atoms with van der Waals surface area (Å²) in [7, 11) is 1.88. The van der Waals surface area contributed by atoms with Gasteiger partial charge in [0.05, 0.1) is 17.2 Å². The fraction of sp³-hybridized carbons (Fsp3) is 0.435. The fourth-order valence-corrected chi connectivity index (χ4v) is 3.19. The predicted octanol–water partition coefficient (Wildman–Crippen LogP) is 3.58. The first-order valence-electron chi connectivity index (χ1n) is 10.1. The molecule has 1 aromatic carbocycles. The Balaban J connectivity index is 2.13. The zero-order valence-electron chi connectivity index (χ0n) is 18.2. The molecule has 7 heteroatoms. The first kappa shape index (κ1) is 23.9. The van der Waals surface area contributed by atoms with Crippen molar-refractivity contribution in [1.29, 1.82) is 0 Å². The summed E-state index contributed by atoms with van der Waals surface area (Å²) >= 11 is 5.46. The molecule has 0 amide bonds. The van der Waals surface area contributed by atoms with Gasteiger partial charge in [-0.3, -0.25) is 14.7 Å². The molecule has 3 N–H and O–H groups in total. The number of aromatic nitrogens is 1. The third-order valence-corrected chi connectivity index (χ3v) is 5.46. The lowest BCUT2D eigenvalue weighted by atomic mass is 9.96. The molecule has 6 nitrogen and oxygen atoms in total. The Morgan fingerprint density at radius 2 is 1.90 bits per heavy atom. The van der Waals surface area contributed by atoms with E-state index < -0.39 is 5.97 Å². The van der Waals surface area contributed by atoms with Crippen LogP contribution in [0.1, 0.15) is 32.0 Å². The Hall–Kier alpha value is -2.35. The number of likely N-dealkylation sites (N-methyl/N-ethyl adjacent to an activating group) is 1. The molecule has 0 spiro atoms. The number of hydrogen-bond acceptors (Lipinski definition) is 5. The van der Waals surface area contributed by atoms with Gasteiger partial charge in [0, 0.05) is 36.4 Å². The van der Waals surface area contributed by atoms with Crippen molar-refractivity contribution in [3.8, 4) is 0 Å². The summed E-state index contributed by atoms with van der Waals surface area (Å²) in [5, 5.41) is 15.9. The van der Waals surface area contributed by atoms with Crippen LogP contribution in [-0.2, 0) is 17.8 Å². The van der Waals surface area contributed by atoms with Gasteiger partial charge >= 0.3 is 5.97 Å². The van der Waals surface area contributed by atoms with Crippen LogP contribution in [-0.4, -0.2) is 52.1 Å². The highest BCUT2D eigenvalue weighted by molar-refractivity contribution is 7.80. The number of thiocarbonyl (C=S) groups is 1. The van der Waals surface area contributed by atoms with Crippen LogP contribution >= 0.6 is 12.2 Å². The van der Waals surface area contributed by atoms with Gasteiger partial charge < -0.3 is 15.7 Å². The van der Waals surface area contributed by atoms with Crippen molar-refractivity contribution in [1.82, 2.24) is 15.2 Å². The topological polar surface area (TPSA) is 77.5 Å². The van der Waals surface area contributed by atoms with Crippen LogP contribution in [0.3, 0.4) is 0 Å². The second-order valence-corrected chi connectivity index (χ2v) is 8.84. The lowest BCUT2D eigenvalue weighted by Crippen LogP contribution is -2.45. The average molecular weight is 429 g/mol. The Kier molecular flexibility index (Phi) is 8.89. The number of nitrogens with zero attached hydrogens (tertiary/aromatic N) is 2. The first-order chi connectivity index (χ1) is 14.2.